The summed E-state index contributed by atoms with van der Waals surface area (Å²) in [5.74, 6) is 0.116. The standard InChI is InChI=1S/C10H16N4O/c1-3-7(4-2)12-9-6-5-8(10(11)15)13-14-9/h5-7H,3-4H2,1-2H3,(H2,11,15)(H,12,14). The Labute approximate surface area is 89.1 Å². The summed E-state index contributed by atoms with van der Waals surface area (Å²) >= 11 is 0. The third-order valence-electron chi connectivity index (χ3n) is 2.25. The largest absolute Gasteiger partial charge is 0.366 e. The van der Waals surface area contributed by atoms with E-state index in [2.05, 4.69) is 29.4 Å². The lowest BCUT2D eigenvalue weighted by molar-refractivity contribution is 0.0994. The minimum atomic E-state index is -0.559. The van der Waals surface area contributed by atoms with Crippen molar-refractivity contribution >= 4 is 11.7 Å². The lowest BCUT2D eigenvalue weighted by atomic mass is 10.2. The van der Waals surface area contributed by atoms with Gasteiger partial charge in [0.25, 0.3) is 5.91 Å². The van der Waals surface area contributed by atoms with Crippen molar-refractivity contribution in [3.05, 3.63) is 17.8 Å². The monoisotopic (exact) mass is 208 g/mol. The number of aromatic nitrogens is 2. The second-order valence-electron chi connectivity index (χ2n) is 3.33. The summed E-state index contributed by atoms with van der Waals surface area (Å²) in [6.07, 6.45) is 2.05. The summed E-state index contributed by atoms with van der Waals surface area (Å²) in [6.45, 7) is 4.21. The molecule has 3 N–H and O–H groups in total. The molecule has 0 aliphatic carbocycles. The molecule has 0 unspecified atom stereocenters. The van der Waals surface area contributed by atoms with Crippen LogP contribution in [-0.2, 0) is 0 Å². The zero-order valence-electron chi connectivity index (χ0n) is 9.03. The molecule has 0 saturated carbocycles. The van der Waals surface area contributed by atoms with Crippen LogP contribution < -0.4 is 11.1 Å². The fraction of sp³-hybridized carbons (Fsp3) is 0.500. The highest BCUT2D eigenvalue weighted by Crippen LogP contribution is 2.07. The first-order valence-electron chi connectivity index (χ1n) is 5.07. The van der Waals surface area contributed by atoms with Crippen molar-refractivity contribution in [2.75, 3.05) is 5.32 Å². The van der Waals surface area contributed by atoms with E-state index in [0.29, 0.717) is 11.9 Å². The maximum absolute atomic E-state index is 10.7. The number of hydrogen-bond donors (Lipinski definition) is 2. The van der Waals surface area contributed by atoms with Gasteiger partial charge in [-0.3, -0.25) is 4.79 Å². The molecule has 0 aromatic carbocycles. The molecule has 0 aliphatic rings. The first-order valence-corrected chi connectivity index (χ1v) is 5.07. The molecule has 1 aromatic rings. The van der Waals surface area contributed by atoms with E-state index in [1.165, 1.54) is 0 Å². The number of anilines is 1. The summed E-state index contributed by atoms with van der Waals surface area (Å²) in [4.78, 5) is 10.7. The van der Waals surface area contributed by atoms with E-state index in [-0.39, 0.29) is 5.69 Å². The van der Waals surface area contributed by atoms with Crippen LogP contribution in [0.2, 0.25) is 0 Å². The van der Waals surface area contributed by atoms with Gasteiger partial charge in [-0.15, -0.1) is 10.2 Å². The quantitative estimate of drug-likeness (QED) is 0.761. The van der Waals surface area contributed by atoms with Crippen LogP contribution in [-0.4, -0.2) is 22.1 Å². The normalized spacial score (nSPS) is 10.3. The topological polar surface area (TPSA) is 80.9 Å². The van der Waals surface area contributed by atoms with Crippen molar-refractivity contribution in [1.82, 2.24) is 10.2 Å². The molecule has 1 heterocycles. The highest BCUT2D eigenvalue weighted by atomic mass is 16.1. The number of amides is 1. The van der Waals surface area contributed by atoms with Gasteiger partial charge in [0.05, 0.1) is 0 Å². The molecule has 1 rings (SSSR count). The van der Waals surface area contributed by atoms with Crippen LogP contribution in [0, 0.1) is 0 Å². The van der Waals surface area contributed by atoms with E-state index >= 15 is 0 Å². The SMILES string of the molecule is CCC(CC)Nc1ccc(C(N)=O)nn1. The molecule has 0 saturated heterocycles. The minimum absolute atomic E-state index is 0.185. The van der Waals surface area contributed by atoms with Gasteiger partial charge in [-0.1, -0.05) is 13.8 Å². The van der Waals surface area contributed by atoms with Crippen LogP contribution in [0.4, 0.5) is 5.82 Å². The lowest BCUT2D eigenvalue weighted by Gasteiger charge is -2.14. The number of hydrogen-bond acceptors (Lipinski definition) is 4. The van der Waals surface area contributed by atoms with Crippen LogP contribution in [0.3, 0.4) is 0 Å². The highest BCUT2D eigenvalue weighted by Gasteiger charge is 2.06. The summed E-state index contributed by atoms with van der Waals surface area (Å²) in [6, 6.07) is 3.67. The van der Waals surface area contributed by atoms with Crippen molar-refractivity contribution in [2.45, 2.75) is 32.7 Å². The van der Waals surface area contributed by atoms with Gasteiger partial charge < -0.3 is 11.1 Å². The number of carbonyl (C=O) groups excluding carboxylic acids is 1. The van der Waals surface area contributed by atoms with Gasteiger partial charge in [0.2, 0.25) is 0 Å². The average Bonchev–Trinajstić information content (AvgIpc) is 2.26. The molecule has 0 atom stereocenters. The van der Waals surface area contributed by atoms with Gasteiger partial charge in [0.15, 0.2) is 5.69 Å². The highest BCUT2D eigenvalue weighted by molar-refractivity contribution is 5.90. The molecule has 1 aromatic heterocycles. The number of primary amides is 1. The Morgan fingerprint density at radius 3 is 2.47 bits per heavy atom. The first-order chi connectivity index (χ1) is 7.17. The maximum atomic E-state index is 10.7. The number of nitrogens with two attached hydrogens (primary N) is 1. The second-order valence-corrected chi connectivity index (χ2v) is 3.33. The minimum Gasteiger partial charge on any atom is -0.366 e. The van der Waals surface area contributed by atoms with E-state index < -0.39 is 5.91 Å². The Balaban J connectivity index is 2.67. The molecule has 0 fully saturated rings. The third-order valence-corrected chi connectivity index (χ3v) is 2.25. The second kappa shape index (κ2) is 5.29. The number of nitrogens with zero attached hydrogens (tertiary/aromatic N) is 2. The van der Waals surface area contributed by atoms with Crippen molar-refractivity contribution in [1.29, 1.82) is 0 Å². The average molecular weight is 208 g/mol. The van der Waals surface area contributed by atoms with Gasteiger partial charge in [-0.25, -0.2) is 0 Å². The van der Waals surface area contributed by atoms with E-state index in [1.54, 1.807) is 12.1 Å². The van der Waals surface area contributed by atoms with Crippen LogP contribution in [0.1, 0.15) is 37.2 Å². The van der Waals surface area contributed by atoms with Gasteiger partial charge in [0, 0.05) is 6.04 Å². The van der Waals surface area contributed by atoms with Gasteiger partial charge in [-0.2, -0.15) is 0 Å². The summed E-state index contributed by atoms with van der Waals surface area (Å²) in [5.41, 5.74) is 5.24. The molecule has 82 valence electrons. The molecular formula is C10H16N4O. The van der Waals surface area contributed by atoms with Gasteiger partial charge in [-0.05, 0) is 25.0 Å². The van der Waals surface area contributed by atoms with Crippen LogP contribution in [0.25, 0.3) is 0 Å². The van der Waals surface area contributed by atoms with E-state index in [9.17, 15) is 4.79 Å². The zero-order valence-corrected chi connectivity index (χ0v) is 9.03. The Bertz CT molecular complexity index is 319. The van der Waals surface area contributed by atoms with Crippen LogP contribution in [0.15, 0.2) is 12.1 Å². The van der Waals surface area contributed by atoms with Crippen molar-refractivity contribution < 1.29 is 4.79 Å². The third kappa shape index (κ3) is 3.19. The summed E-state index contributed by atoms with van der Waals surface area (Å²) in [5, 5.41) is 10.8. The predicted molar refractivity (Wildman–Crippen MR) is 58.5 cm³/mol. The molecular weight excluding hydrogens is 192 g/mol. The van der Waals surface area contributed by atoms with Crippen LogP contribution >= 0.6 is 0 Å². The maximum Gasteiger partial charge on any atom is 0.269 e. The lowest BCUT2D eigenvalue weighted by Crippen LogP contribution is -2.19. The molecule has 1 amide bonds. The van der Waals surface area contributed by atoms with E-state index in [4.69, 9.17) is 5.73 Å². The van der Waals surface area contributed by atoms with Crippen molar-refractivity contribution in [2.24, 2.45) is 5.73 Å². The fourth-order valence-corrected chi connectivity index (χ4v) is 1.24. The predicted octanol–water partition coefficient (Wildman–Crippen LogP) is 1.18. The summed E-state index contributed by atoms with van der Waals surface area (Å²) < 4.78 is 0. The number of carbonyl (C=O) groups is 1. The molecule has 0 aliphatic heterocycles. The van der Waals surface area contributed by atoms with E-state index in [1.807, 2.05) is 0 Å². The van der Waals surface area contributed by atoms with Gasteiger partial charge >= 0.3 is 0 Å². The smallest absolute Gasteiger partial charge is 0.269 e. The fourth-order valence-electron chi connectivity index (χ4n) is 1.24. The molecule has 5 nitrogen and oxygen atoms in total. The van der Waals surface area contributed by atoms with E-state index in [0.717, 1.165) is 12.8 Å². The molecule has 0 bridgehead atoms. The Kier molecular flexibility index (Phi) is 4.03. The van der Waals surface area contributed by atoms with Crippen molar-refractivity contribution in [3.63, 3.8) is 0 Å². The molecule has 15 heavy (non-hydrogen) atoms. The Hall–Kier alpha value is -1.65. The van der Waals surface area contributed by atoms with Gasteiger partial charge in [0.1, 0.15) is 5.82 Å². The molecule has 5 heteroatoms. The Morgan fingerprint density at radius 1 is 1.40 bits per heavy atom. The van der Waals surface area contributed by atoms with Crippen LogP contribution in [0.5, 0.6) is 0 Å². The Morgan fingerprint density at radius 2 is 2.07 bits per heavy atom. The number of nitrogens with one attached hydrogen (secondary N) is 1. The number of rotatable bonds is 5. The first kappa shape index (κ1) is 11.4. The zero-order chi connectivity index (χ0) is 11.3. The summed E-state index contributed by atoms with van der Waals surface area (Å²) in [7, 11) is 0. The van der Waals surface area contributed by atoms with Crippen molar-refractivity contribution in [3.8, 4) is 0 Å². The molecule has 0 spiro atoms. The molecule has 0 radical (unpaired) electrons.